The first-order valence-corrected chi connectivity index (χ1v) is 13.1. The van der Waals surface area contributed by atoms with Gasteiger partial charge in [-0.3, -0.25) is 0 Å². The van der Waals surface area contributed by atoms with Crippen LogP contribution in [0.1, 0.15) is 30.4 Å². The molecule has 2 aliphatic carbocycles. The van der Waals surface area contributed by atoms with Crippen LogP contribution < -0.4 is 0 Å². The molecule has 4 aromatic rings. The Hall–Kier alpha value is -2.64. The molecule has 0 amide bonds. The van der Waals surface area contributed by atoms with Crippen molar-refractivity contribution in [2.24, 2.45) is 17.8 Å². The first-order chi connectivity index (χ1) is 15.3. The zero-order valence-electron chi connectivity index (χ0n) is 18.1. The average molecular weight is 417 g/mol. The van der Waals surface area contributed by atoms with Gasteiger partial charge in [0.05, 0.1) is 9.52 Å². The lowest BCUT2D eigenvalue weighted by Crippen LogP contribution is -2.37. The van der Waals surface area contributed by atoms with Gasteiger partial charge < -0.3 is 0 Å². The molecule has 1 heteroatoms. The molecule has 31 heavy (non-hydrogen) atoms. The van der Waals surface area contributed by atoms with E-state index in [1.54, 1.807) is 0 Å². The van der Waals surface area contributed by atoms with Crippen molar-refractivity contribution in [2.75, 3.05) is 0 Å². The van der Waals surface area contributed by atoms with E-state index in [9.17, 15) is 0 Å². The third-order valence-electron chi connectivity index (χ3n) is 7.91. The monoisotopic (exact) mass is 416 g/mol. The van der Waals surface area contributed by atoms with Crippen molar-refractivity contribution < 1.29 is 0 Å². The molecule has 0 heterocycles. The van der Waals surface area contributed by atoms with Crippen molar-refractivity contribution in [3.63, 3.8) is 0 Å². The van der Waals surface area contributed by atoms with E-state index in [1.807, 2.05) is 0 Å². The number of hydrogen-bond acceptors (Lipinski definition) is 0. The van der Waals surface area contributed by atoms with Crippen molar-refractivity contribution >= 4 is 31.1 Å². The molecule has 2 aliphatic rings. The number of benzene rings is 4. The highest BCUT2D eigenvalue weighted by molar-refractivity contribution is 6.41. The molecule has 3 atom stereocenters. The molecular formula is C30H28Si. The standard InChI is InChI=1S/C30H28Si/c1-31-30(20-25-19-21-16-17-24(25)18-21,28-14-6-10-22-8-2-4-12-26(22)28)29-15-7-11-23-9-3-5-13-27(23)29/h2-17,21,24-25H,18-20H2,1H3. The van der Waals surface area contributed by atoms with Gasteiger partial charge in [-0.2, -0.15) is 0 Å². The summed E-state index contributed by atoms with van der Waals surface area (Å²) in [6.07, 6.45) is 8.98. The molecular weight excluding hydrogens is 388 g/mol. The maximum atomic E-state index is 2.52. The molecule has 6 rings (SSSR count). The summed E-state index contributed by atoms with van der Waals surface area (Å²) in [6.45, 7) is 2.44. The lowest BCUT2D eigenvalue weighted by molar-refractivity contribution is 0.377. The molecule has 1 saturated carbocycles. The normalized spacial score (nSPS) is 22.5. The van der Waals surface area contributed by atoms with Crippen LogP contribution >= 0.6 is 0 Å². The molecule has 3 unspecified atom stereocenters. The van der Waals surface area contributed by atoms with Gasteiger partial charge in [-0.25, -0.2) is 0 Å². The lowest BCUT2D eigenvalue weighted by atomic mass is 9.75. The van der Waals surface area contributed by atoms with E-state index in [0.29, 0.717) is 0 Å². The van der Waals surface area contributed by atoms with Gasteiger partial charge in [0.25, 0.3) is 0 Å². The summed E-state index contributed by atoms with van der Waals surface area (Å²) in [5.74, 6) is 2.36. The fourth-order valence-corrected chi connectivity index (χ4v) is 7.90. The average Bonchev–Trinajstić information content (AvgIpc) is 3.45. The van der Waals surface area contributed by atoms with Crippen molar-refractivity contribution in [3.8, 4) is 0 Å². The minimum Gasteiger partial charge on any atom is -0.0851 e. The zero-order valence-corrected chi connectivity index (χ0v) is 19.1. The molecule has 0 N–H and O–H groups in total. The van der Waals surface area contributed by atoms with Gasteiger partial charge in [0.2, 0.25) is 0 Å². The van der Waals surface area contributed by atoms with Crippen LogP contribution in [0, 0.1) is 17.8 Å². The van der Waals surface area contributed by atoms with Crippen LogP contribution in [0.2, 0.25) is 6.55 Å². The summed E-state index contributed by atoms with van der Waals surface area (Å²) in [5.41, 5.74) is 3.05. The molecule has 0 saturated heterocycles. The highest BCUT2D eigenvalue weighted by Crippen LogP contribution is 2.51. The zero-order chi connectivity index (χ0) is 20.8. The maximum Gasteiger partial charge on any atom is 0.0545 e. The minimum atomic E-state index is 0.0463. The van der Waals surface area contributed by atoms with E-state index < -0.39 is 0 Å². The van der Waals surface area contributed by atoms with Crippen molar-refractivity contribution in [2.45, 2.75) is 30.8 Å². The second-order valence-electron chi connectivity index (χ2n) is 9.45. The van der Waals surface area contributed by atoms with Gasteiger partial charge in [-0.1, -0.05) is 104 Å². The van der Waals surface area contributed by atoms with Crippen LogP contribution in [0.5, 0.6) is 0 Å². The third-order valence-corrected chi connectivity index (χ3v) is 9.51. The van der Waals surface area contributed by atoms with E-state index in [-0.39, 0.29) is 5.04 Å². The van der Waals surface area contributed by atoms with Gasteiger partial charge >= 0.3 is 0 Å². The number of fused-ring (bicyclic) bond motifs is 4. The van der Waals surface area contributed by atoms with Gasteiger partial charge in [-0.05, 0) is 69.7 Å². The van der Waals surface area contributed by atoms with Gasteiger partial charge in [-0.15, -0.1) is 0 Å². The molecule has 0 spiro atoms. The van der Waals surface area contributed by atoms with Gasteiger partial charge in [0.1, 0.15) is 0 Å². The smallest absolute Gasteiger partial charge is 0.0545 e. The molecule has 0 aliphatic heterocycles. The Morgan fingerprint density at radius 2 is 1.29 bits per heavy atom. The topological polar surface area (TPSA) is 0 Å². The Balaban J connectivity index is 1.62. The number of allylic oxidation sites excluding steroid dienone is 2. The Morgan fingerprint density at radius 1 is 0.710 bits per heavy atom. The number of rotatable bonds is 5. The van der Waals surface area contributed by atoms with Crippen molar-refractivity contribution in [1.82, 2.24) is 0 Å². The molecule has 4 aromatic carbocycles. The SMILES string of the molecule is C[Si]C(CC1CC2C=CC1C2)(c1cccc2ccccc12)c1cccc2ccccc12. The molecule has 1 fully saturated rings. The van der Waals surface area contributed by atoms with E-state index in [2.05, 4.69) is 104 Å². The minimum absolute atomic E-state index is 0.0463. The Kier molecular flexibility index (Phi) is 4.61. The molecule has 0 nitrogen and oxygen atoms in total. The predicted molar refractivity (Wildman–Crippen MR) is 134 cm³/mol. The van der Waals surface area contributed by atoms with Crippen LogP contribution in [0.15, 0.2) is 97.1 Å². The second-order valence-corrected chi connectivity index (χ2v) is 10.8. The van der Waals surface area contributed by atoms with Gasteiger partial charge in [0, 0.05) is 5.04 Å². The van der Waals surface area contributed by atoms with E-state index in [0.717, 1.165) is 27.3 Å². The predicted octanol–water partition coefficient (Wildman–Crippen LogP) is 7.59. The van der Waals surface area contributed by atoms with E-state index >= 15 is 0 Å². The summed E-state index contributed by atoms with van der Waals surface area (Å²) in [4.78, 5) is 0. The van der Waals surface area contributed by atoms with Crippen molar-refractivity contribution in [1.29, 1.82) is 0 Å². The Labute approximate surface area is 187 Å². The first kappa shape index (κ1) is 19.1. The molecule has 0 aromatic heterocycles. The highest BCUT2D eigenvalue weighted by atomic mass is 28.2. The van der Waals surface area contributed by atoms with E-state index in [4.69, 9.17) is 0 Å². The van der Waals surface area contributed by atoms with Crippen LogP contribution in [0.3, 0.4) is 0 Å². The molecule has 152 valence electrons. The van der Waals surface area contributed by atoms with E-state index in [1.165, 1.54) is 51.9 Å². The lowest BCUT2D eigenvalue weighted by Gasteiger charge is -2.39. The summed E-state index contributed by atoms with van der Waals surface area (Å²) in [7, 11) is 0.809. The van der Waals surface area contributed by atoms with Crippen LogP contribution in [0.4, 0.5) is 0 Å². The Morgan fingerprint density at radius 3 is 1.81 bits per heavy atom. The van der Waals surface area contributed by atoms with Crippen LogP contribution in [0.25, 0.3) is 21.5 Å². The van der Waals surface area contributed by atoms with Crippen LogP contribution in [-0.2, 0) is 5.04 Å². The highest BCUT2D eigenvalue weighted by Gasteiger charge is 2.43. The third kappa shape index (κ3) is 3.02. The summed E-state index contributed by atoms with van der Waals surface area (Å²) in [6, 6.07) is 31.9. The molecule has 2 radical (unpaired) electrons. The Bertz CT molecular complexity index is 1190. The largest absolute Gasteiger partial charge is 0.0851 e. The summed E-state index contributed by atoms with van der Waals surface area (Å²) in [5, 5.41) is 5.61. The van der Waals surface area contributed by atoms with Crippen molar-refractivity contribution in [3.05, 3.63) is 108 Å². The number of hydrogen-bond donors (Lipinski definition) is 0. The van der Waals surface area contributed by atoms with Crippen LogP contribution in [-0.4, -0.2) is 9.52 Å². The quantitative estimate of drug-likeness (QED) is 0.232. The second kappa shape index (κ2) is 7.49. The first-order valence-electron chi connectivity index (χ1n) is 11.6. The fourth-order valence-electron chi connectivity index (χ4n) is 6.45. The van der Waals surface area contributed by atoms with Gasteiger partial charge in [0.15, 0.2) is 0 Å². The maximum absolute atomic E-state index is 2.52. The fraction of sp³-hybridized carbons (Fsp3) is 0.267. The summed E-state index contributed by atoms with van der Waals surface area (Å²) >= 11 is 0. The molecule has 2 bridgehead atoms. The summed E-state index contributed by atoms with van der Waals surface area (Å²) < 4.78 is 0.